The summed E-state index contributed by atoms with van der Waals surface area (Å²) in [5, 5.41) is 2.70. The van der Waals surface area contributed by atoms with Crippen LogP contribution in [0.15, 0.2) is 48.5 Å². The Hall–Kier alpha value is -2.86. The zero-order valence-corrected chi connectivity index (χ0v) is 17.2. The number of amides is 2. The van der Waals surface area contributed by atoms with Crippen LogP contribution in [-0.2, 0) is 22.6 Å². The van der Waals surface area contributed by atoms with Gasteiger partial charge in [-0.1, -0.05) is 50.2 Å². The summed E-state index contributed by atoms with van der Waals surface area (Å²) in [7, 11) is 1.63. The minimum atomic E-state index is -0.626. The molecule has 3 N–H and O–H groups in total. The molecule has 2 amide bonds. The van der Waals surface area contributed by atoms with Crippen LogP contribution in [0.2, 0.25) is 0 Å². The Morgan fingerprint density at radius 2 is 1.90 bits per heavy atom. The topological polar surface area (TPSA) is 84.7 Å². The molecule has 2 aromatic rings. The van der Waals surface area contributed by atoms with Crippen molar-refractivity contribution in [3.05, 3.63) is 65.2 Å². The molecular formula is C23H29N3O3. The van der Waals surface area contributed by atoms with Gasteiger partial charge in [-0.05, 0) is 41.2 Å². The van der Waals surface area contributed by atoms with Crippen LogP contribution in [0.25, 0.3) is 0 Å². The summed E-state index contributed by atoms with van der Waals surface area (Å²) in [5.74, 6) is 0.349. The first-order chi connectivity index (χ1) is 13.9. The first-order valence-corrected chi connectivity index (χ1v) is 9.94. The lowest BCUT2D eigenvalue weighted by Gasteiger charge is -2.37. The van der Waals surface area contributed by atoms with Gasteiger partial charge in [0.1, 0.15) is 5.75 Å². The molecule has 0 saturated carbocycles. The van der Waals surface area contributed by atoms with Crippen molar-refractivity contribution in [1.29, 1.82) is 0 Å². The number of carbonyl (C=O) groups excluding carboxylic acids is 2. The second-order valence-corrected chi connectivity index (χ2v) is 7.77. The minimum absolute atomic E-state index is 0.0106. The van der Waals surface area contributed by atoms with Gasteiger partial charge in [0.15, 0.2) is 0 Å². The fraction of sp³-hybridized carbons (Fsp3) is 0.391. The number of carbonyl (C=O) groups is 2. The number of nitrogens with one attached hydrogen (secondary N) is 1. The Morgan fingerprint density at radius 3 is 2.55 bits per heavy atom. The number of hydrogen-bond acceptors (Lipinski definition) is 4. The molecule has 29 heavy (non-hydrogen) atoms. The van der Waals surface area contributed by atoms with Crippen molar-refractivity contribution in [2.24, 2.45) is 11.7 Å². The molecule has 0 bridgehead atoms. The molecule has 0 spiro atoms. The molecule has 1 heterocycles. The zero-order valence-electron chi connectivity index (χ0n) is 17.2. The Morgan fingerprint density at radius 1 is 1.17 bits per heavy atom. The van der Waals surface area contributed by atoms with Crippen molar-refractivity contribution in [3.8, 4) is 5.75 Å². The molecule has 6 heteroatoms. The first kappa shape index (κ1) is 20.9. The summed E-state index contributed by atoms with van der Waals surface area (Å²) in [6.07, 6.45) is 0.717. The Bertz CT molecular complexity index is 867. The van der Waals surface area contributed by atoms with E-state index >= 15 is 0 Å². The zero-order chi connectivity index (χ0) is 21.0. The van der Waals surface area contributed by atoms with E-state index in [0.717, 1.165) is 16.9 Å². The number of nitrogens with zero attached hydrogens (tertiary/aromatic N) is 1. The predicted octanol–water partition coefficient (Wildman–Crippen LogP) is 2.42. The standard InChI is InChI=1S/C23H29N3O3/c1-15(2)22(24)23(28)25-13-21(27)26-14-18-11-19(29-3)10-9-17(18)12-20(26)16-7-5-4-6-8-16/h4-11,15,20,22H,12-14,24H2,1-3H3,(H,25,28)/t20?,22-/m0/s1. The van der Waals surface area contributed by atoms with Gasteiger partial charge in [0.05, 0.1) is 25.7 Å². The van der Waals surface area contributed by atoms with Gasteiger partial charge in [-0.15, -0.1) is 0 Å². The molecule has 0 aromatic heterocycles. The fourth-order valence-electron chi connectivity index (χ4n) is 3.61. The largest absolute Gasteiger partial charge is 0.497 e. The SMILES string of the molecule is COc1ccc2c(c1)CN(C(=O)CNC(=O)[C@@H](N)C(C)C)C(c1ccccc1)C2. The third kappa shape index (κ3) is 4.77. The van der Waals surface area contributed by atoms with Crippen molar-refractivity contribution in [2.45, 2.75) is 38.9 Å². The molecule has 2 atom stereocenters. The van der Waals surface area contributed by atoms with Crippen LogP contribution < -0.4 is 15.8 Å². The van der Waals surface area contributed by atoms with Gasteiger partial charge in [-0.3, -0.25) is 9.59 Å². The lowest BCUT2D eigenvalue weighted by molar-refractivity contribution is -0.136. The lowest BCUT2D eigenvalue weighted by Crippen LogP contribution is -2.49. The molecule has 0 aliphatic carbocycles. The first-order valence-electron chi connectivity index (χ1n) is 9.94. The Kier molecular flexibility index (Phi) is 6.54. The predicted molar refractivity (Wildman–Crippen MR) is 112 cm³/mol. The highest BCUT2D eigenvalue weighted by atomic mass is 16.5. The molecule has 1 aliphatic rings. The van der Waals surface area contributed by atoms with Crippen LogP contribution >= 0.6 is 0 Å². The Labute approximate surface area is 172 Å². The van der Waals surface area contributed by atoms with Crippen molar-refractivity contribution in [3.63, 3.8) is 0 Å². The summed E-state index contributed by atoms with van der Waals surface area (Å²) in [6, 6.07) is 15.3. The fourth-order valence-corrected chi connectivity index (χ4v) is 3.61. The van der Waals surface area contributed by atoms with E-state index < -0.39 is 6.04 Å². The lowest BCUT2D eigenvalue weighted by atomic mass is 9.89. The molecule has 2 aromatic carbocycles. The number of benzene rings is 2. The van der Waals surface area contributed by atoms with Gasteiger partial charge >= 0.3 is 0 Å². The number of ether oxygens (including phenoxy) is 1. The molecule has 0 fully saturated rings. The summed E-state index contributed by atoms with van der Waals surface area (Å²) in [4.78, 5) is 27.1. The number of rotatable bonds is 6. The molecule has 3 rings (SSSR count). The van der Waals surface area contributed by atoms with Crippen molar-refractivity contribution < 1.29 is 14.3 Å². The van der Waals surface area contributed by atoms with E-state index in [4.69, 9.17) is 10.5 Å². The number of fused-ring (bicyclic) bond motifs is 1. The monoisotopic (exact) mass is 395 g/mol. The van der Waals surface area contributed by atoms with Gasteiger partial charge in [0.2, 0.25) is 11.8 Å². The third-order valence-electron chi connectivity index (χ3n) is 5.48. The van der Waals surface area contributed by atoms with Gasteiger partial charge < -0.3 is 20.7 Å². The van der Waals surface area contributed by atoms with Gasteiger partial charge in [0.25, 0.3) is 0 Å². The number of hydrogen-bond donors (Lipinski definition) is 2. The average Bonchev–Trinajstić information content (AvgIpc) is 2.75. The molecule has 1 aliphatic heterocycles. The highest BCUT2D eigenvalue weighted by Gasteiger charge is 2.31. The van der Waals surface area contributed by atoms with E-state index in [-0.39, 0.29) is 30.3 Å². The van der Waals surface area contributed by atoms with Crippen LogP contribution in [0.4, 0.5) is 0 Å². The van der Waals surface area contributed by atoms with Gasteiger partial charge in [0, 0.05) is 6.54 Å². The quantitative estimate of drug-likeness (QED) is 0.787. The van der Waals surface area contributed by atoms with Crippen LogP contribution in [0.5, 0.6) is 5.75 Å². The van der Waals surface area contributed by atoms with Gasteiger partial charge in [-0.25, -0.2) is 0 Å². The van der Waals surface area contributed by atoms with E-state index in [1.807, 2.05) is 61.2 Å². The van der Waals surface area contributed by atoms with Crippen LogP contribution in [0.3, 0.4) is 0 Å². The van der Waals surface area contributed by atoms with Crippen LogP contribution in [0.1, 0.15) is 36.6 Å². The second-order valence-electron chi connectivity index (χ2n) is 7.77. The number of methoxy groups -OCH3 is 1. The van der Waals surface area contributed by atoms with Crippen molar-refractivity contribution in [1.82, 2.24) is 10.2 Å². The van der Waals surface area contributed by atoms with Crippen molar-refractivity contribution in [2.75, 3.05) is 13.7 Å². The van der Waals surface area contributed by atoms with E-state index in [1.54, 1.807) is 7.11 Å². The normalized spacial score (nSPS) is 16.9. The van der Waals surface area contributed by atoms with E-state index in [1.165, 1.54) is 5.56 Å². The smallest absolute Gasteiger partial charge is 0.242 e. The number of nitrogens with two attached hydrogens (primary N) is 1. The van der Waals surface area contributed by atoms with E-state index in [2.05, 4.69) is 11.4 Å². The molecule has 0 saturated heterocycles. The molecule has 6 nitrogen and oxygen atoms in total. The van der Waals surface area contributed by atoms with E-state index in [0.29, 0.717) is 13.0 Å². The highest BCUT2D eigenvalue weighted by Crippen LogP contribution is 2.34. The molecular weight excluding hydrogens is 366 g/mol. The highest BCUT2D eigenvalue weighted by molar-refractivity contribution is 5.87. The molecule has 0 radical (unpaired) electrons. The maximum atomic E-state index is 13.1. The van der Waals surface area contributed by atoms with Crippen molar-refractivity contribution >= 4 is 11.8 Å². The van der Waals surface area contributed by atoms with E-state index in [9.17, 15) is 9.59 Å². The average molecular weight is 396 g/mol. The molecule has 1 unspecified atom stereocenters. The summed E-state index contributed by atoms with van der Waals surface area (Å²) in [5.41, 5.74) is 9.23. The van der Waals surface area contributed by atoms with Gasteiger partial charge in [-0.2, -0.15) is 0 Å². The summed E-state index contributed by atoms with van der Waals surface area (Å²) < 4.78 is 5.34. The maximum absolute atomic E-state index is 13.1. The minimum Gasteiger partial charge on any atom is -0.497 e. The molecule has 154 valence electrons. The third-order valence-corrected chi connectivity index (χ3v) is 5.48. The Balaban J connectivity index is 1.82. The van der Waals surface area contributed by atoms with Crippen LogP contribution in [0, 0.1) is 5.92 Å². The maximum Gasteiger partial charge on any atom is 0.242 e. The second kappa shape index (κ2) is 9.09. The summed E-state index contributed by atoms with van der Waals surface area (Å²) in [6.45, 7) is 4.16. The van der Waals surface area contributed by atoms with Crippen LogP contribution in [-0.4, -0.2) is 36.4 Å². The summed E-state index contributed by atoms with van der Waals surface area (Å²) >= 11 is 0.